The molecule has 0 amide bonds. The summed E-state index contributed by atoms with van der Waals surface area (Å²) in [6.07, 6.45) is 3.56. The van der Waals surface area contributed by atoms with E-state index in [1.807, 2.05) is 26.0 Å². The molecule has 0 aliphatic heterocycles. The summed E-state index contributed by atoms with van der Waals surface area (Å²) in [6.45, 7) is 3.74. The predicted molar refractivity (Wildman–Crippen MR) is 84.8 cm³/mol. The number of fused-ring (bicyclic) bond motifs is 1. The number of aryl methyl sites for hydroxylation is 2. The molecule has 0 aliphatic rings. The first-order chi connectivity index (χ1) is 11.5. The van der Waals surface area contributed by atoms with Gasteiger partial charge < -0.3 is 14.0 Å². The van der Waals surface area contributed by atoms with Crippen LogP contribution in [0.15, 0.2) is 45.6 Å². The standard InChI is InChI=1S/C17H13N3O4/c1-9-16(10(2)24-19-9)12-8-18-20-6-5-11(7-13(12)20)14-3-4-15(23-14)17(21)22/h3-8H,1-2H3,(H,21,22). The molecule has 0 saturated heterocycles. The fourth-order valence-corrected chi connectivity index (χ4v) is 2.80. The van der Waals surface area contributed by atoms with Crippen molar-refractivity contribution >= 4 is 11.5 Å². The molecule has 0 radical (unpaired) electrons. The van der Waals surface area contributed by atoms with Crippen LogP contribution in [-0.4, -0.2) is 25.8 Å². The van der Waals surface area contributed by atoms with E-state index in [0.29, 0.717) is 5.76 Å². The van der Waals surface area contributed by atoms with Crippen molar-refractivity contribution in [3.05, 3.63) is 53.9 Å². The quantitative estimate of drug-likeness (QED) is 0.619. The summed E-state index contributed by atoms with van der Waals surface area (Å²) in [4.78, 5) is 11.0. The van der Waals surface area contributed by atoms with Gasteiger partial charge in [-0.15, -0.1) is 0 Å². The average molecular weight is 323 g/mol. The topological polar surface area (TPSA) is 93.8 Å². The van der Waals surface area contributed by atoms with Gasteiger partial charge in [-0.1, -0.05) is 5.16 Å². The Bertz CT molecular complexity index is 1050. The van der Waals surface area contributed by atoms with Crippen molar-refractivity contribution in [2.24, 2.45) is 0 Å². The Labute approximate surface area is 136 Å². The van der Waals surface area contributed by atoms with Crippen LogP contribution in [-0.2, 0) is 0 Å². The Morgan fingerprint density at radius 2 is 2.08 bits per heavy atom. The number of pyridine rings is 1. The molecule has 1 N–H and O–H groups in total. The van der Waals surface area contributed by atoms with Crippen LogP contribution in [0.4, 0.5) is 0 Å². The minimum Gasteiger partial charge on any atom is -0.475 e. The minimum absolute atomic E-state index is 0.0932. The molecule has 0 bridgehead atoms. The molecule has 4 rings (SSSR count). The van der Waals surface area contributed by atoms with Crippen LogP contribution >= 0.6 is 0 Å². The number of carboxylic acid groups (broad SMARTS) is 1. The van der Waals surface area contributed by atoms with Gasteiger partial charge in [0.05, 0.1) is 23.0 Å². The summed E-state index contributed by atoms with van der Waals surface area (Å²) in [7, 11) is 0. The van der Waals surface area contributed by atoms with Gasteiger partial charge in [-0.25, -0.2) is 9.31 Å². The average Bonchev–Trinajstić information content (AvgIpc) is 3.26. The molecule has 7 nitrogen and oxygen atoms in total. The number of aromatic nitrogens is 3. The van der Waals surface area contributed by atoms with Crippen molar-refractivity contribution in [2.75, 3.05) is 0 Å². The number of hydrogen-bond acceptors (Lipinski definition) is 5. The molecular weight excluding hydrogens is 310 g/mol. The molecule has 7 heteroatoms. The SMILES string of the molecule is Cc1noc(C)c1-c1cnn2ccc(-c3ccc(C(=O)O)o3)cc12. The first-order valence-electron chi connectivity index (χ1n) is 7.29. The van der Waals surface area contributed by atoms with E-state index in [-0.39, 0.29) is 5.76 Å². The lowest BCUT2D eigenvalue weighted by Gasteiger charge is -2.02. The van der Waals surface area contributed by atoms with Crippen LogP contribution in [0.5, 0.6) is 0 Å². The number of furan rings is 1. The van der Waals surface area contributed by atoms with Crippen molar-refractivity contribution in [3.63, 3.8) is 0 Å². The second-order valence-corrected chi connectivity index (χ2v) is 5.47. The molecule has 0 aliphatic carbocycles. The summed E-state index contributed by atoms with van der Waals surface area (Å²) >= 11 is 0. The third-order valence-corrected chi connectivity index (χ3v) is 3.93. The Kier molecular flexibility index (Phi) is 3.02. The molecule has 0 aromatic carbocycles. The van der Waals surface area contributed by atoms with Crippen LogP contribution in [0.1, 0.15) is 22.0 Å². The van der Waals surface area contributed by atoms with Gasteiger partial charge in [0, 0.05) is 17.3 Å². The van der Waals surface area contributed by atoms with Crippen molar-refractivity contribution in [2.45, 2.75) is 13.8 Å². The highest BCUT2D eigenvalue weighted by molar-refractivity contribution is 5.86. The van der Waals surface area contributed by atoms with Crippen LogP contribution < -0.4 is 0 Å². The van der Waals surface area contributed by atoms with Crippen LogP contribution in [0.2, 0.25) is 0 Å². The van der Waals surface area contributed by atoms with Gasteiger partial charge in [-0.3, -0.25) is 0 Å². The highest BCUT2D eigenvalue weighted by atomic mass is 16.5. The Morgan fingerprint density at radius 1 is 1.25 bits per heavy atom. The molecule has 4 aromatic rings. The van der Waals surface area contributed by atoms with Crippen molar-refractivity contribution in [3.8, 4) is 22.5 Å². The van der Waals surface area contributed by atoms with Gasteiger partial charge in [-0.05, 0) is 38.1 Å². The zero-order valence-corrected chi connectivity index (χ0v) is 13.0. The Balaban J connectivity index is 1.88. The maximum atomic E-state index is 11.0. The molecule has 4 heterocycles. The molecule has 0 atom stereocenters. The fourth-order valence-electron chi connectivity index (χ4n) is 2.80. The van der Waals surface area contributed by atoms with Gasteiger partial charge >= 0.3 is 5.97 Å². The van der Waals surface area contributed by atoms with E-state index in [1.165, 1.54) is 6.07 Å². The molecule has 24 heavy (non-hydrogen) atoms. The molecule has 4 aromatic heterocycles. The lowest BCUT2D eigenvalue weighted by Crippen LogP contribution is -1.91. The Hall–Kier alpha value is -3.35. The zero-order valence-electron chi connectivity index (χ0n) is 13.0. The van der Waals surface area contributed by atoms with E-state index in [9.17, 15) is 4.79 Å². The number of aromatic carboxylic acids is 1. The Morgan fingerprint density at radius 3 is 2.75 bits per heavy atom. The van der Waals surface area contributed by atoms with E-state index in [1.54, 1.807) is 23.0 Å². The number of hydrogen-bond donors (Lipinski definition) is 1. The van der Waals surface area contributed by atoms with Crippen LogP contribution in [0, 0.1) is 13.8 Å². The fraction of sp³-hybridized carbons (Fsp3) is 0.118. The molecular formula is C17H13N3O4. The summed E-state index contributed by atoms with van der Waals surface area (Å²) in [5, 5.41) is 17.3. The number of carbonyl (C=O) groups is 1. The lowest BCUT2D eigenvalue weighted by atomic mass is 10.0. The molecule has 0 saturated carbocycles. The smallest absolute Gasteiger partial charge is 0.371 e. The summed E-state index contributed by atoms with van der Waals surface area (Å²) in [6, 6.07) is 6.80. The van der Waals surface area contributed by atoms with Crippen molar-refractivity contribution < 1.29 is 18.8 Å². The van der Waals surface area contributed by atoms with Gasteiger partial charge in [-0.2, -0.15) is 5.10 Å². The normalized spacial score (nSPS) is 11.2. The van der Waals surface area contributed by atoms with Gasteiger partial charge in [0.25, 0.3) is 0 Å². The highest BCUT2D eigenvalue weighted by Gasteiger charge is 2.17. The van der Waals surface area contributed by atoms with Gasteiger partial charge in [0.1, 0.15) is 11.5 Å². The summed E-state index contributed by atoms with van der Waals surface area (Å²) in [5.74, 6) is 0.0206. The molecule has 0 unspecified atom stereocenters. The van der Waals surface area contributed by atoms with E-state index >= 15 is 0 Å². The summed E-state index contributed by atoms with van der Waals surface area (Å²) < 4.78 is 12.4. The first-order valence-corrected chi connectivity index (χ1v) is 7.29. The van der Waals surface area contributed by atoms with E-state index in [2.05, 4.69) is 10.3 Å². The largest absolute Gasteiger partial charge is 0.475 e. The molecule has 0 spiro atoms. The molecule has 0 fully saturated rings. The minimum atomic E-state index is -1.09. The van der Waals surface area contributed by atoms with E-state index in [0.717, 1.165) is 33.7 Å². The van der Waals surface area contributed by atoms with E-state index < -0.39 is 5.97 Å². The van der Waals surface area contributed by atoms with Crippen LogP contribution in [0.25, 0.3) is 28.0 Å². The zero-order chi connectivity index (χ0) is 16.8. The van der Waals surface area contributed by atoms with E-state index in [4.69, 9.17) is 14.0 Å². The third-order valence-electron chi connectivity index (χ3n) is 3.93. The van der Waals surface area contributed by atoms with Crippen LogP contribution in [0.3, 0.4) is 0 Å². The predicted octanol–water partition coefficient (Wildman–Crippen LogP) is 3.56. The van der Waals surface area contributed by atoms with Crippen molar-refractivity contribution in [1.29, 1.82) is 0 Å². The number of rotatable bonds is 3. The number of carboxylic acids is 1. The van der Waals surface area contributed by atoms with Crippen molar-refractivity contribution in [1.82, 2.24) is 14.8 Å². The third kappa shape index (κ3) is 2.10. The van der Waals surface area contributed by atoms with Gasteiger partial charge in [0.15, 0.2) is 0 Å². The highest BCUT2D eigenvalue weighted by Crippen LogP contribution is 2.32. The first kappa shape index (κ1) is 14.3. The molecule has 120 valence electrons. The second kappa shape index (κ2) is 5.09. The van der Waals surface area contributed by atoms with Gasteiger partial charge in [0.2, 0.25) is 5.76 Å². The maximum Gasteiger partial charge on any atom is 0.371 e. The summed E-state index contributed by atoms with van der Waals surface area (Å²) in [5.41, 5.74) is 4.23. The lowest BCUT2D eigenvalue weighted by molar-refractivity contribution is 0.0663. The maximum absolute atomic E-state index is 11.0. The monoisotopic (exact) mass is 323 g/mol. The second-order valence-electron chi connectivity index (χ2n) is 5.47. The number of nitrogens with zero attached hydrogens (tertiary/aromatic N) is 3.